The van der Waals surface area contributed by atoms with Gasteiger partial charge >= 0.3 is 0 Å². The van der Waals surface area contributed by atoms with Crippen LogP contribution in [0.5, 0.6) is 0 Å². The van der Waals surface area contributed by atoms with Gasteiger partial charge in [-0.15, -0.1) is 11.3 Å². The van der Waals surface area contributed by atoms with E-state index in [0.717, 1.165) is 39.8 Å². The van der Waals surface area contributed by atoms with E-state index in [1.54, 1.807) is 11.9 Å². The maximum absolute atomic E-state index is 12.8. The first kappa shape index (κ1) is 20.3. The fourth-order valence-electron chi connectivity index (χ4n) is 3.86. The highest BCUT2D eigenvalue weighted by atomic mass is 32.1. The van der Waals surface area contributed by atoms with Crippen molar-refractivity contribution in [2.75, 3.05) is 25.0 Å². The minimum absolute atomic E-state index is 0.0708. The molecule has 1 aliphatic rings. The van der Waals surface area contributed by atoms with Crippen LogP contribution in [0.3, 0.4) is 0 Å². The Morgan fingerprint density at radius 2 is 1.87 bits per heavy atom. The molecule has 0 spiro atoms. The number of aromatic nitrogens is 3. The number of piperidine rings is 1. The fraction of sp³-hybridized carbons (Fsp3) is 0.364. The normalized spacial score (nSPS) is 14.7. The average molecular weight is 424 g/mol. The van der Waals surface area contributed by atoms with Gasteiger partial charge in [0.1, 0.15) is 4.88 Å². The van der Waals surface area contributed by atoms with Crippen LogP contribution in [-0.4, -0.2) is 52.0 Å². The van der Waals surface area contributed by atoms with Gasteiger partial charge in [0.15, 0.2) is 5.69 Å². The number of hydrogen-bond donors (Lipinski definition) is 1. The van der Waals surface area contributed by atoms with E-state index in [1.165, 1.54) is 11.3 Å². The van der Waals surface area contributed by atoms with Gasteiger partial charge in [0.25, 0.3) is 11.8 Å². The van der Waals surface area contributed by atoms with Crippen LogP contribution in [0.2, 0.25) is 0 Å². The summed E-state index contributed by atoms with van der Waals surface area (Å²) >= 11 is 1.46. The van der Waals surface area contributed by atoms with Crippen molar-refractivity contribution in [2.45, 2.75) is 32.6 Å². The molecule has 0 unspecified atom stereocenters. The lowest BCUT2D eigenvalue weighted by Gasteiger charge is -2.31. The molecule has 0 saturated carbocycles. The van der Waals surface area contributed by atoms with Crippen LogP contribution >= 0.6 is 11.3 Å². The van der Waals surface area contributed by atoms with Crippen molar-refractivity contribution >= 4 is 28.8 Å². The Bertz CT molecular complexity index is 1050. The maximum Gasteiger partial charge on any atom is 0.278 e. The Morgan fingerprint density at radius 1 is 1.17 bits per heavy atom. The monoisotopic (exact) mass is 423 g/mol. The molecule has 2 aromatic heterocycles. The van der Waals surface area contributed by atoms with E-state index in [0.29, 0.717) is 18.8 Å². The van der Waals surface area contributed by atoms with Crippen molar-refractivity contribution in [1.29, 1.82) is 0 Å². The Morgan fingerprint density at radius 3 is 2.50 bits per heavy atom. The molecule has 8 heteroatoms. The molecule has 7 nitrogen and oxygen atoms in total. The molecule has 0 bridgehead atoms. The zero-order valence-corrected chi connectivity index (χ0v) is 18.2. The molecular weight excluding hydrogens is 398 g/mol. The highest BCUT2D eigenvalue weighted by Gasteiger charge is 2.28. The molecule has 0 radical (unpaired) electrons. The van der Waals surface area contributed by atoms with E-state index >= 15 is 0 Å². The van der Waals surface area contributed by atoms with Crippen LogP contribution < -0.4 is 4.90 Å². The molecule has 1 fully saturated rings. The van der Waals surface area contributed by atoms with Gasteiger partial charge in [-0.25, -0.2) is 4.98 Å². The largest absolute Gasteiger partial charge is 0.338 e. The summed E-state index contributed by atoms with van der Waals surface area (Å²) in [5, 5.41) is 8.21. The lowest BCUT2D eigenvalue weighted by molar-refractivity contribution is 0.0716. The van der Waals surface area contributed by atoms with E-state index in [-0.39, 0.29) is 17.7 Å². The van der Waals surface area contributed by atoms with E-state index < -0.39 is 0 Å². The molecule has 156 valence electrons. The summed E-state index contributed by atoms with van der Waals surface area (Å²) in [6, 6.07) is 11.4. The van der Waals surface area contributed by atoms with Gasteiger partial charge in [-0.1, -0.05) is 18.2 Å². The minimum atomic E-state index is -0.146. The summed E-state index contributed by atoms with van der Waals surface area (Å²) in [4.78, 5) is 34.2. The van der Waals surface area contributed by atoms with Crippen molar-refractivity contribution in [3.63, 3.8) is 0 Å². The molecule has 2 amide bonds. The quantitative estimate of drug-likeness (QED) is 0.692. The number of benzene rings is 1. The number of aromatic amines is 1. The number of thiazole rings is 1. The minimum Gasteiger partial charge on any atom is -0.338 e. The molecule has 1 aliphatic heterocycles. The number of carbonyl (C=O) groups is 2. The number of aryl methyl sites for hydroxylation is 2. The van der Waals surface area contributed by atoms with Gasteiger partial charge in [-0.2, -0.15) is 5.10 Å². The standard InChI is InChI=1S/C22H25N5O2S/c1-14-20(30-15(2)23-14)22(29)27-11-9-16(10-12-27)18-13-19(25-24-18)21(28)26(3)17-7-5-4-6-8-17/h4-8,13,16H,9-12H2,1-3H3,(H,24,25). The van der Waals surface area contributed by atoms with Gasteiger partial charge in [0.05, 0.1) is 10.7 Å². The second-order valence-corrected chi connectivity index (χ2v) is 8.83. The van der Waals surface area contributed by atoms with Crippen LogP contribution in [0.1, 0.15) is 55.3 Å². The Labute approximate surface area is 179 Å². The fourth-order valence-corrected chi connectivity index (χ4v) is 4.75. The third-order valence-corrected chi connectivity index (χ3v) is 6.65. The first-order valence-corrected chi connectivity index (χ1v) is 10.9. The molecule has 1 saturated heterocycles. The van der Waals surface area contributed by atoms with Gasteiger partial charge < -0.3 is 9.80 Å². The highest BCUT2D eigenvalue weighted by Crippen LogP contribution is 2.29. The number of amides is 2. The smallest absolute Gasteiger partial charge is 0.278 e. The lowest BCUT2D eigenvalue weighted by atomic mass is 9.93. The van der Waals surface area contributed by atoms with Crippen molar-refractivity contribution in [3.05, 3.63) is 63.4 Å². The van der Waals surface area contributed by atoms with Crippen molar-refractivity contribution in [3.8, 4) is 0 Å². The summed E-state index contributed by atoms with van der Waals surface area (Å²) < 4.78 is 0. The van der Waals surface area contributed by atoms with Gasteiger partial charge in [0, 0.05) is 37.4 Å². The summed E-state index contributed by atoms with van der Waals surface area (Å²) in [6.07, 6.45) is 1.68. The first-order valence-electron chi connectivity index (χ1n) is 10.1. The van der Waals surface area contributed by atoms with E-state index in [2.05, 4.69) is 15.2 Å². The highest BCUT2D eigenvalue weighted by molar-refractivity contribution is 7.13. The van der Waals surface area contributed by atoms with Crippen molar-refractivity contribution in [1.82, 2.24) is 20.1 Å². The van der Waals surface area contributed by atoms with E-state index in [4.69, 9.17) is 0 Å². The number of carbonyl (C=O) groups excluding carboxylic acids is 2. The van der Waals surface area contributed by atoms with Gasteiger partial charge in [-0.3, -0.25) is 14.7 Å². The molecule has 3 aromatic rings. The van der Waals surface area contributed by atoms with Crippen LogP contribution in [0, 0.1) is 13.8 Å². The number of rotatable bonds is 4. The summed E-state index contributed by atoms with van der Waals surface area (Å²) in [7, 11) is 1.75. The van der Waals surface area contributed by atoms with Crippen LogP contribution in [0.15, 0.2) is 36.4 Å². The number of nitrogens with zero attached hydrogens (tertiary/aromatic N) is 4. The molecule has 0 atom stereocenters. The SMILES string of the molecule is Cc1nc(C)c(C(=O)N2CCC(c3cc(C(=O)N(C)c4ccccc4)n[nH]3)CC2)s1. The van der Waals surface area contributed by atoms with E-state index in [1.807, 2.05) is 55.1 Å². The van der Waals surface area contributed by atoms with Crippen LogP contribution in [-0.2, 0) is 0 Å². The maximum atomic E-state index is 12.8. The predicted octanol–water partition coefficient (Wildman–Crippen LogP) is 3.78. The Balaban J connectivity index is 1.39. The topological polar surface area (TPSA) is 82.2 Å². The molecule has 1 aromatic carbocycles. The molecule has 1 N–H and O–H groups in total. The summed E-state index contributed by atoms with van der Waals surface area (Å²) in [6.45, 7) is 5.18. The zero-order valence-electron chi connectivity index (χ0n) is 17.4. The van der Waals surface area contributed by atoms with Gasteiger partial charge in [0.2, 0.25) is 0 Å². The first-order chi connectivity index (χ1) is 14.4. The molecule has 4 rings (SSSR count). The summed E-state index contributed by atoms with van der Waals surface area (Å²) in [5.74, 6) is 0.184. The predicted molar refractivity (Wildman–Crippen MR) is 117 cm³/mol. The third kappa shape index (κ3) is 4.00. The molecule has 0 aliphatic carbocycles. The Hall–Kier alpha value is -3.00. The molecule has 3 heterocycles. The van der Waals surface area contributed by atoms with Gasteiger partial charge in [-0.05, 0) is 44.9 Å². The number of hydrogen-bond acceptors (Lipinski definition) is 5. The van der Waals surface area contributed by atoms with Crippen LogP contribution in [0.25, 0.3) is 0 Å². The average Bonchev–Trinajstić information content (AvgIpc) is 3.39. The second kappa shape index (κ2) is 8.39. The van der Waals surface area contributed by atoms with E-state index in [9.17, 15) is 9.59 Å². The summed E-state index contributed by atoms with van der Waals surface area (Å²) in [5.41, 5.74) is 3.00. The second-order valence-electron chi connectivity index (χ2n) is 7.62. The number of H-pyrrole nitrogens is 1. The molecule has 30 heavy (non-hydrogen) atoms. The number of para-hydroxylation sites is 1. The Kier molecular flexibility index (Phi) is 5.67. The number of anilines is 1. The molecular formula is C22H25N5O2S. The van der Waals surface area contributed by atoms with Crippen molar-refractivity contribution < 1.29 is 9.59 Å². The zero-order chi connectivity index (χ0) is 21.3. The third-order valence-electron chi connectivity index (χ3n) is 5.58. The lowest BCUT2D eigenvalue weighted by Crippen LogP contribution is -2.37. The van der Waals surface area contributed by atoms with Crippen molar-refractivity contribution in [2.24, 2.45) is 0 Å². The van der Waals surface area contributed by atoms with Crippen LogP contribution in [0.4, 0.5) is 5.69 Å². The number of likely N-dealkylation sites (tertiary alicyclic amines) is 1. The number of nitrogens with one attached hydrogen (secondary N) is 1.